The maximum atomic E-state index is 11.7. The molecule has 70 valence electrons. The van der Waals surface area contributed by atoms with Gasteiger partial charge in [0.1, 0.15) is 0 Å². The van der Waals surface area contributed by atoms with Crippen LogP contribution in [-0.2, 0) is 0 Å². The first-order chi connectivity index (χ1) is 6.13. The number of halogens is 3. The van der Waals surface area contributed by atoms with Gasteiger partial charge in [-0.3, -0.25) is 4.79 Å². The second kappa shape index (κ2) is 4.27. The molecule has 0 aliphatic carbocycles. The molecule has 0 radical (unpaired) electrons. The van der Waals surface area contributed by atoms with E-state index < -0.39 is 6.61 Å². The Kier molecular flexibility index (Phi) is 3.30. The van der Waals surface area contributed by atoms with E-state index >= 15 is 0 Å². The van der Waals surface area contributed by atoms with Crippen LogP contribution in [0.15, 0.2) is 16.7 Å². The maximum Gasteiger partial charge on any atom is 0.388 e. The fourth-order valence-electron chi connectivity index (χ4n) is 0.710. The Bertz CT molecular complexity index is 319. The van der Waals surface area contributed by atoms with Crippen molar-refractivity contribution in [3.05, 3.63) is 22.3 Å². The van der Waals surface area contributed by atoms with Crippen molar-refractivity contribution >= 4 is 22.2 Å². The van der Waals surface area contributed by atoms with Crippen LogP contribution in [0.25, 0.3) is 0 Å². The quantitative estimate of drug-likeness (QED) is 0.774. The summed E-state index contributed by atoms with van der Waals surface area (Å²) in [6.07, 6.45) is 1.67. The third-order valence-corrected chi connectivity index (χ3v) is 1.61. The lowest BCUT2D eigenvalue weighted by Crippen LogP contribution is -2.05. The Morgan fingerprint density at radius 2 is 2.31 bits per heavy atom. The van der Waals surface area contributed by atoms with Gasteiger partial charge in [0.25, 0.3) is 0 Å². The second-order valence-corrected chi connectivity index (χ2v) is 2.96. The zero-order valence-corrected chi connectivity index (χ0v) is 7.79. The van der Waals surface area contributed by atoms with E-state index in [0.29, 0.717) is 10.8 Å². The molecule has 0 amide bonds. The average molecular weight is 252 g/mol. The molecule has 0 bridgehead atoms. The lowest BCUT2D eigenvalue weighted by Gasteiger charge is -2.04. The van der Waals surface area contributed by atoms with Crippen LogP contribution in [0.1, 0.15) is 10.4 Å². The minimum Gasteiger partial charge on any atom is -0.416 e. The van der Waals surface area contributed by atoms with Crippen LogP contribution in [-0.4, -0.2) is 17.9 Å². The van der Waals surface area contributed by atoms with Crippen molar-refractivity contribution in [3.8, 4) is 5.88 Å². The van der Waals surface area contributed by atoms with Gasteiger partial charge in [0.2, 0.25) is 5.88 Å². The normalized spacial score (nSPS) is 10.2. The van der Waals surface area contributed by atoms with Crippen molar-refractivity contribution < 1.29 is 18.3 Å². The Morgan fingerprint density at radius 3 is 2.85 bits per heavy atom. The minimum absolute atomic E-state index is 0.0188. The van der Waals surface area contributed by atoms with Gasteiger partial charge in [-0.05, 0) is 22.0 Å². The van der Waals surface area contributed by atoms with Gasteiger partial charge in [0.15, 0.2) is 6.29 Å². The fourth-order valence-corrected chi connectivity index (χ4v) is 1.06. The topological polar surface area (TPSA) is 39.2 Å². The summed E-state index contributed by atoms with van der Waals surface area (Å²) in [5, 5.41) is 0. The molecule has 0 saturated heterocycles. The van der Waals surface area contributed by atoms with Gasteiger partial charge >= 0.3 is 6.61 Å². The Morgan fingerprint density at radius 1 is 1.62 bits per heavy atom. The number of carbonyl (C=O) groups is 1. The molecular weight excluding hydrogens is 248 g/mol. The van der Waals surface area contributed by atoms with Crippen molar-refractivity contribution in [2.75, 3.05) is 0 Å². The Labute approximate surface area is 80.9 Å². The van der Waals surface area contributed by atoms with Crippen molar-refractivity contribution in [2.45, 2.75) is 6.61 Å². The molecule has 3 nitrogen and oxygen atoms in total. The monoisotopic (exact) mass is 251 g/mol. The molecule has 0 aliphatic rings. The lowest BCUT2D eigenvalue weighted by molar-refractivity contribution is -0.0531. The molecule has 1 aromatic rings. The van der Waals surface area contributed by atoms with Crippen molar-refractivity contribution in [2.24, 2.45) is 0 Å². The number of ether oxygens (including phenoxy) is 1. The Hall–Kier alpha value is -1.04. The highest BCUT2D eigenvalue weighted by atomic mass is 79.9. The molecule has 6 heteroatoms. The van der Waals surface area contributed by atoms with Crippen LogP contribution in [0.5, 0.6) is 5.88 Å². The number of rotatable bonds is 3. The predicted octanol–water partition coefficient (Wildman–Crippen LogP) is 2.26. The average Bonchev–Trinajstić information content (AvgIpc) is 2.07. The summed E-state index contributed by atoms with van der Waals surface area (Å²) < 4.78 is 28.0. The lowest BCUT2D eigenvalue weighted by atomic mass is 10.3. The fraction of sp³-hybridized carbons (Fsp3) is 0.143. The molecule has 0 atom stereocenters. The predicted molar refractivity (Wildman–Crippen MR) is 44.0 cm³/mol. The molecule has 0 fully saturated rings. The maximum absolute atomic E-state index is 11.7. The summed E-state index contributed by atoms with van der Waals surface area (Å²) in [5.41, 5.74) is -0.0188. The third kappa shape index (κ3) is 2.73. The number of pyridine rings is 1. The summed E-state index contributed by atoms with van der Waals surface area (Å²) >= 11 is 3.04. The number of hydrogen-bond donors (Lipinski definition) is 0. The summed E-state index contributed by atoms with van der Waals surface area (Å²) in [7, 11) is 0. The number of hydrogen-bond acceptors (Lipinski definition) is 3. The molecule has 1 heterocycles. The minimum atomic E-state index is -2.98. The largest absolute Gasteiger partial charge is 0.416 e. The van der Waals surface area contributed by atoms with Crippen LogP contribution < -0.4 is 4.74 Å². The Balaban J connectivity index is 2.99. The van der Waals surface area contributed by atoms with E-state index in [4.69, 9.17) is 0 Å². The van der Waals surface area contributed by atoms with E-state index in [-0.39, 0.29) is 11.4 Å². The van der Waals surface area contributed by atoms with E-state index in [2.05, 4.69) is 25.7 Å². The van der Waals surface area contributed by atoms with E-state index in [1.54, 1.807) is 0 Å². The molecule has 0 saturated carbocycles. The summed E-state index contributed by atoms with van der Waals surface area (Å²) in [5.74, 6) is -0.367. The highest BCUT2D eigenvalue weighted by Gasteiger charge is 2.10. The smallest absolute Gasteiger partial charge is 0.388 e. The number of aldehydes is 1. The van der Waals surface area contributed by atoms with Gasteiger partial charge in [-0.1, -0.05) is 0 Å². The molecular formula is C7H4BrF2NO2. The van der Waals surface area contributed by atoms with E-state index in [0.717, 1.165) is 0 Å². The highest BCUT2D eigenvalue weighted by Crippen LogP contribution is 2.19. The first-order valence-corrected chi connectivity index (χ1v) is 3.98. The van der Waals surface area contributed by atoms with Crippen LogP contribution in [0, 0.1) is 0 Å². The molecule has 0 aromatic carbocycles. The third-order valence-electron chi connectivity index (χ3n) is 1.17. The van der Waals surface area contributed by atoms with Crippen molar-refractivity contribution in [3.63, 3.8) is 0 Å². The summed E-state index contributed by atoms with van der Waals surface area (Å²) in [4.78, 5) is 13.9. The van der Waals surface area contributed by atoms with Crippen molar-refractivity contribution in [1.82, 2.24) is 4.98 Å². The van der Waals surface area contributed by atoms with E-state index in [1.165, 1.54) is 12.3 Å². The number of aromatic nitrogens is 1. The zero-order chi connectivity index (χ0) is 9.84. The van der Waals surface area contributed by atoms with Gasteiger partial charge in [0, 0.05) is 10.7 Å². The molecule has 1 rings (SSSR count). The van der Waals surface area contributed by atoms with Gasteiger partial charge in [0.05, 0.1) is 5.56 Å². The summed E-state index contributed by atoms with van der Waals surface area (Å²) in [6.45, 7) is -2.98. The molecule has 0 N–H and O–H groups in total. The number of nitrogens with zero attached hydrogens (tertiary/aromatic N) is 1. The van der Waals surface area contributed by atoms with Crippen LogP contribution >= 0.6 is 15.9 Å². The summed E-state index contributed by atoms with van der Waals surface area (Å²) in [6, 6.07) is 1.34. The van der Waals surface area contributed by atoms with E-state index in [1.807, 2.05) is 0 Å². The molecule has 0 spiro atoms. The van der Waals surface area contributed by atoms with Crippen LogP contribution in [0.4, 0.5) is 8.78 Å². The molecule has 0 unspecified atom stereocenters. The zero-order valence-electron chi connectivity index (χ0n) is 6.21. The second-order valence-electron chi connectivity index (χ2n) is 2.04. The van der Waals surface area contributed by atoms with Crippen LogP contribution in [0.2, 0.25) is 0 Å². The standard InChI is InChI=1S/C7H4BrF2NO2/c8-5-1-4(3-12)6(11-2-5)13-7(9)10/h1-3,7H. The van der Waals surface area contributed by atoms with Gasteiger partial charge in [-0.2, -0.15) is 8.78 Å². The molecule has 13 heavy (non-hydrogen) atoms. The highest BCUT2D eigenvalue weighted by molar-refractivity contribution is 9.10. The van der Waals surface area contributed by atoms with Gasteiger partial charge < -0.3 is 4.74 Å². The first-order valence-electron chi connectivity index (χ1n) is 3.19. The first kappa shape index (κ1) is 10.0. The van der Waals surface area contributed by atoms with Gasteiger partial charge in [-0.25, -0.2) is 4.98 Å². The number of alkyl halides is 2. The van der Waals surface area contributed by atoms with Crippen molar-refractivity contribution in [1.29, 1.82) is 0 Å². The molecule has 1 aromatic heterocycles. The van der Waals surface area contributed by atoms with Gasteiger partial charge in [-0.15, -0.1) is 0 Å². The van der Waals surface area contributed by atoms with E-state index in [9.17, 15) is 13.6 Å². The molecule has 0 aliphatic heterocycles. The van der Waals surface area contributed by atoms with Crippen LogP contribution in [0.3, 0.4) is 0 Å². The number of carbonyl (C=O) groups excluding carboxylic acids is 1. The SMILES string of the molecule is O=Cc1cc(Br)cnc1OC(F)F.